The van der Waals surface area contributed by atoms with Crippen LogP contribution in [0.4, 0.5) is 5.69 Å². The van der Waals surface area contributed by atoms with Crippen LogP contribution in [0, 0.1) is 0 Å². The molecule has 0 unspecified atom stereocenters. The van der Waals surface area contributed by atoms with Gasteiger partial charge in [-0.1, -0.05) is 26.0 Å². The zero-order valence-corrected chi connectivity index (χ0v) is 17.5. The number of amides is 2. The molecule has 0 radical (unpaired) electrons. The zero-order chi connectivity index (χ0) is 20.4. The molecule has 2 rings (SSSR count). The minimum Gasteiger partial charge on any atom is -0.348 e. The second-order valence-electron chi connectivity index (χ2n) is 7.37. The van der Waals surface area contributed by atoms with Crippen LogP contribution in [0.2, 0.25) is 0 Å². The summed E-state index contributed by atoms with van der Waals surface area (Å²) in [5.41, 5.74) is 1.77. The fourth-order valence-corrected chi connectivity index (χ4v) is 3.30. The lowest BCUT2D eigenvalue weighted by Crippen LogP contribution is -2.45. The number of hydrogen-bond donors (Lipinski definition) is 2. The molecule has 7 heteroatoms. The lowest BCUT2D eigenvalue weighted by Gasteiger charge is -2.32. The summed E-state index contributed by atoms with van der Waals surface area (Å²) >= 11 is 0. The number of anilines is 1. The number of carbonyl (C=O) groups is 2. The molecule has 1 aromatic rings. The van der Waals surface area contributed by atoms with Gasteiger partial charge in [0.1, 0.15) is 0 Å². The van der Waals surface area contributed by atoms with E-state index in [9.17, 15) is 9.59 Å². The Kier molecular flexibility index (Phi) is 9.40. The van der Waals surface area contributed by atoms with Crippen molar-refractivity contribution in [2.45, 2.75) is 26.8 Å². The van der Waals surface area contributed by atoms with Gasteiger partial charge in [0.15, 0.2) is 0 Å². The van der Waals surface area contributed by atoms with Gasteiger partial charge < -0.3 is 20.4 Å². The number of nitrogens with zero attached hydrogens (tertiary/aromatic N) is 3. The second kappa shape index (κ2) is 11.8. The van der Waals surface area contributed by atoms with E-state index in [2.05, 4.69) is 46.2 Å². The van der Waals surface area contributed by atoms with Crippen LogP contribution in [0.5, 0.6) is 0 Å². The maximum absolute atomic E-state index is 12.1. The fourth-order valence-electron chi connectivity index (χ4n) is 3.30. The molecule has 1 aromatic carbocycles. The highest BCUT2D eigenvalue weighted by Gasteiger charge is 2.15. The number of hydrogen-bond acceptors (Lipinski definition) is 5. The van der Waals surface area contributed by atoms with Crippen LogP contribution >= 0.6 is 0 Å². The molecular weight excluding hydrogens is 354 g/mol. The number of benzene rings is 1. The first-order valence-electron chi connectivity index (χ1n) is 10.3. The summed E-state index contributed by atoms with van der Waals surface area (Å²) in [7, 11) is 2.13. The molecule has 0 bridgehead atoms. The van der Waals surface area contributed by atoms with Crippen LogP contribution in [0.1, 0.15) is 25.8 Å². The van der Waals surface area contributed by atoms with E-state index >= 15 is 0 Å². The molecule has 1 saturated heterocycles. The van der Waals surface area contributed by atoms with Gasteiger partial charge in [0.25, 0.3) is 0 Å². The maximum atomic E-state index is 12.1. The third-order valence-electron chi connectivity index (χ3n) is 5.22. The van der Waals surface area contributed by atoms with E-state index in [0.29, 0.717) is 12.2 Å². The number of nitrogens with one attached hydrogen (secondary N) is 2. The molecule has 1 aliphatic heterocycles. The van der Waals surface area contributed by atoms with Gasteiger partial charge in [-0.25, -0.2) is 0 Å². The van der Waals surface area contributed by atoms with Crippen molar-refractivity contribution in [1.82, 2.24) is 20.0 Å². The summed E-state index contributed by atoms with van der Waals surface area (Å²) in [6.07, 6.45) is 0.849. The summed E-state index contributed by atoms with van der Waals surface area (Å²) < 4.78 is 0. The van der Waals surface area contributed by atoms with E-state index in [1.165, 1.54) is 0 Å². The minimum absolute atomic E-state index is 0.514. The Balaban J connectivity index is 1.71. The Morgan fingerprint density at radius 3 is 2.46 bits per heavy atom. The van der Waals surface area contributed by atoms with Crippen LogP contribution < -0.4 is 10.6 Å². The lowest BCUT2D eigenvalue weighted by atomic mass is 10.2. The molecule has 156 valence electrons. The van der Waals surface area contributed by atoms with Crippen molar-refractivity contribution in [1.29, 1.82) is 0 Å². The molecule has 1 heterocycles. The molecule has 2 N–H and O–H groups in total. The molecule has 0 atom stereocenters. The van der Waals surface area contributed by atoms with Crippen molar-refractivity contribution in [2.75, 3.05) is 64.7 Å². The maximum Gasteiger partial charge on any atom is 0.313 e. The van der Waals surface area contributed by atoms with Crippen molar-refractivity contribution >= 4 is 17.5 Å². The Labute approximate surface area is 169 Å². The molecule has 1 fully saturated rings. The van der Waals surface area contributed by atoms with E-state index < -0.39 is 11.8 Å². The van der Waals surface area contributed by atoms with Crippen LogP contribution in [0.15, 0.2) is 24.3 Å². The number of piperazine rings is 1. The van der Waals surface area contributed by atoms with Gasteiger partial charge in [-0.15, -0.1) is 0 Å². The first-order chi connectivity index (χ1) is 13.5. The van der Waals surface area contributed by atoms with Gasteiger partial charge in [-0.3, -0.25) is 14.5 Å². The third kappa shape index (κ3) is 7.58. The first-order valence-corrected chi connectivity index (χ1v) is 10.3. The van der Waals surface area contributed by atoms with Crippen molar-refractivity contribution < 1.29 is 9.59 Å². The van der Waals surface area contributed by atoms with Crippen molar-refractivity contribution in [2.24, 2.45) is 0 Å². The van der Waals surface area contributed by atoms with Crippen LogP contribution in [0.3, 0.4) is 0 Å². The van der Waals surface area contributed by atoms with E-state index in [1.807, 2.05) is 24.3 Å². The predicted molar refractivity (Wildman–Crippen MR) is 113 cm³/mol. The van der Waals surface area contributed by atoms with Gasteiger partial charge in [-0.05, 0) is 50.8 Å². The Morgan fingerprint density at radius 1 is 1.07 bits per heavy atom. The summed E-state index contributed by atoms with van der Waals surface area (Å²) in [6.45, 7) is 12.8. The van der Waals surface area contributed by atoms with Gasteiger partial charge in [0, 0.05) is 45.0 Å². The van der Waals surface area contributed by atoms with Gasteiger partial charge in [0.2, 0.25) is 0 Å². The Morgan fingerprint density at radius 2 is 1.79 bits per heavy atom. The van der Waals surface area contributed by atoms with Gasteiger partial charge in [0.05, 0.1) is 0 Å². The monoisotopic (exact) mass is 389 g/mol. The van der Waals surface area contributed by atoms with E-state index in [4.69, 9.17) is 0 Å². The van der Waals surface area contributed by atoms with Crippen LogP contribution in [0.25, 0.3) is 0 Å². The molecule has 1 aliphatic rings. The van der Waals surface area contributed by atoms with E-state index in [-0.39, 0.29) is 0 Å². The van der Waals surface area contributed by atoms with Gasteiger partial charge >= 0.3 is 11.8 Å². The SMILES string of the molecule is CCN(CC)Cc1cccc(NC(=O)C(=O)NCCCN2CCN(C)CC2)c1. The van der Waals surface area contributed by atoms with Crippen LogP contribution in [-0.4, -0.2) is 85.9 Å². The molecule has 0 aliphatic carbocycles. The highest BCUT2D eigenvalue weighted by molar-refractivity contribution is 6.39. The topological polar surface area (TPSA) is 67.9 Å². The van der Waals surface area contributed by atoms with E-state index in [1.54, 1.807) is 0 Å². The average Bonchev–Trinajstić information content (AvgIpc) is 2.70. The number of carbonyl (C=O) groups excluding carboxylic acids is 2. The predicted octanol–water partition coefficient (Wildman–Crippen LogP) is 1.22. The molecular formula is C21H35N5O2. The molecule has 7 nitrogen and oxygen atoms in total. The first kappa shape index (κ1) is 22.3. The molecule has 0 aromatic heterocycles. The number of likely N-dealkylation sites (N-methyl/N-ethyl adjacent to an activating group) is 1. The van der Waals surface area contributed by atoms with Gasteiger partial charge in [-0.2, -0.15) is 0 Å². The fraction of sp³-hybridized carbons (Fsp3) is 0.619. The summed E-state index contributed by atoms with van der Waals surface area (Å²) in [5.74, 6) is -1.19. The smallest absolute Gasteiger partial charge is 0.313 e. The molecule has 28 heavy (non-hydrogen) atoms. The Bertz CT molecular complexity index is 625. The summed E-state index contributed by atoms with van der Waals surface area (Å²) in [5, 5.41) is 5.42. The molecule has 0 saturated carbocycles. The van der Waals surface area contributed by atoms with Crippen molar-refractivity contribution in [3.05, 3.63) is 29.8 Å². The molecule has 2 amide bonds. The third-order valence-corrected chi connectivity index (χ3v) is 5.22. The van der Waals surface area contributed by atoms with Crippen molar-refractivity contribution in [3.63, 3.8) is 0 Å². The standard InChI is InChI=1S/C21H35N5O2/c1-4-25(5-2)17-18-8-6-9-19(16-18)23-21(28)20(27)22-10-7-11-26-14-12-24(3)13-15-26/h6,8-9,16H,4-5,7,10-15,17H2,1-3H3,(H,22,27)(H,23,28). The van der Waals surface area contributed by atoms with E-state index in [0.717, 1.165) is 64.3 Å². The molecule has 0 spiro atoms. The van der Waals surface area contributed by atoms with Crippen molar-refractivity contribution in [3.8, 4) is 0 Å². The minimum atomic E-state index is -0.611. The summed E-state index contributed by atoms with van der Waals surface area (Å²) in [6, 6.07) is 7.68. The normalized spacial score (nSPS) is 15.6. The zero-order valence-electron chi connectivity index (χ0n) is 17.5. The quantitative estimate of drug-likeness (QED) is 0.491. The van der Waals surface area contributed by atoms with Crippen LogP contribution in [-0.2, 0) is 16.1 Å². The Hall–Kier alpha value is -1.96. The highest BCUT2D eigenvalue weighted by atomic mass is 16.2. The second-order valence-corrected chi connectivity index (χ2v) is 7.37. The largest absolute Gasteiger partial charge is 0.348 e. The average molecular weight is 390 g/mol. The highest BCUT2D eigenvalue weighted by Crippen LogP contribution is 2.12. The lowest BCUT2D eigenvalue weighted by molar-refractivity contribution is -0.136. The number of rotatable bonds is 9. The summed E-state index contributed by atoms with van der Waals surface area (Å²) in [4.78, 5) is 31.2.